The number of amides is 1. The molecule has 5 nitrogen and oxygen atoms in total. The Balaban J connectivity index is 2.34. The molecule has 1 rings (SSSR count). The standard InChI is InChI=1S/C6H12N2O3S/c1-5(9)7-8-6-2-3-12(10,11)4-6/h6,8H,2-4H2,1H3,(H,7,9). The van der Waals surface area contributed by atoms with Crippen LogP contribution < -0.4 is 10.9 Å². The van der Waals surface area contributed by atoms with Gasteiger partial charge in [0.15, 0.2) is 9.84 Å². The highest BCUT2D eigenvalue weighted by Gasteiger charge is 2.27. The molecule has 1 unspecified atom stereocenters. The maximum Gasteiger partial charge on any atom is 0.230 e. The second-order valence-electron chi connectivity index (χ2n) is 2.93. The molecule has 0 aromatic carbocycles. The molecule has 0 radical (unpaired) electrons. The summed E-state index contributed by atoms with van der Waals surface area (Å²) in [7, 11) is -2.86. The van der Waals surface area contributed by atoms with Crippen molar-refractivity contribution in [3.63, 3.8) is 0 Å². The third-order valence-corrected chi connectivity index (χ3v) is 3.45. The molecule has 70 valence electrons. The molecule has 1 aliphatic heterocycles. The highest BCUT2D eigenvalue weighted by molar-refractivity contribution is 7.91. The lowest BCUT2D eigenvalue weighted by molar-refractivity contribution is -0.120. The molecule has 1 heterocycles. The molecule has 0 spiro atoms. The molecular formula is C6H12N2O3S. The van der Waals surface area contributed by atoms with Gasteiger partial charge >= 0.3 is 0 Å². The molecule has 6 heteroatoms. The van der Waals surface area contributed by atoms with Crippen LogP contribution in [0.1, 0.15) is 13.3 Å². The second-order valence-corrected chi connectivity index (χ2v) is 5.15. The normalized spacial score (nSPS) is 26.9. The molecule has 1 amide bonds. The number of rotatable bonds is 2. The van der Waals surface area contributed by atoms with Crippen LogP contribution in [0, 0.1) is 0 Å². The van der Waals surface area contributed by atoms with Crippen molar-refractivity contribution < 1.29 is 13.2 Å². The highest BCUT2D eigenvalue weighted by Crippen LogP contribution is 2.09. The minimum absolute atomic E-state index is 0.118. The Bertz CT molecular complexity index is 273. The largest absolute Gasteiger partial charge is 0.292 e. The van der Waals surface area contributed by atoms with Gasteiger partial charge < -0.3 is 0 Å². The highest BCUT2D eigenvalue weighted by atomic mass is 32.2. The van der Waals surface area contributed by atoms with Gasteiger partial charge in [0.05, 0.1) is 11.5 Å². The van der Waals surface area contributed by atoms with Crippen LogP contribution in [0.2, 0.25) is 0 Å². The van der Waals surface area contributed by atoms with Crippen LogP contribution in [0.5, 0.6) is 0 Å². The zero-order chi connectivity index (χ0) is 9.19. The van der Waals surface area contributed by atoms with E-state index in [9.17, 15) is 13.2 Å². The van der Waals surface area contributed by atoms with Gasteiger partial charge in [0.1, 0.15) is 0 Å². The summed E-state index contributed by atoms with van der Waals surface area (Å²) in [5, 5.41) is 0. The van der Waals surface area contributed by atoms with Crippen LogP contribution >= 0.6 is 0 Å². The first-order chi connectivity index (χ1) is 5.49. The van der Waals surface area contributed by atoms with Crippen LogP contribution in [0.25, 0.3) is 0 Å². The summed E-state index contributed by atoms with van der Waals surface area (Å²) < 4.78 is 21.9. The SMILES string of the molecule is CC(=O)NNC1CCS(=O)(=O)C1. The van der Waals surface area contributed by atoms with Crippen LogP contribution in [0.3, 0.4) is 0 Å². The average Bonchev–Trinajstić information content (AvgIpc) is 2.26. The van der Waals surface area contributed by atoms with Crippen molar-refractivity contribution in [3.8, 4) is 0 Å². The molecule has 1 fully saturated rings. The first kappa shape index (κ1) is 9.47. The summed E-state index contributed by atoms with van der Waals surface area (Å²) in [6.07, 6.45) is 0.572. The van der Waals surface area contributed by atoms with Crippen molar-refractivity contribution in [1.29, 1.82) is 0 Å². The van der Waals surface area contributed by atoms with Gasteiger partial charge in [-0.1, -0.05) is 0 Å². The molecular weight excluding hydrogens is 180 g/mol. The smallest absolute Gasteiger partial charge is 0.230 e. The van der Waals surface area contributed by atoms with Gasteiger partial charge in [0.25, 0.3) is 0 Å². The maximum atomic E-state index is 10.9. The van der Waals surface area contributed by atoms with Crippen molar-refractivity contribution in [3.05, 3.63) is 0 Å². The summed E-state index contributed by atoms with van der Waals surface area (Å²) in [5.74, 6) is 0.122. The van der Waals surface area contributed by atoms with Crippen molar-refractivity contribution >= 4 is 15.7 Å². The molecule has 12 heavy (non-hydrogen) atoms. The number of sulfone groups is 1. The van der Waals surface area contributed by atoms with Gasteiger partial charge in [-0.05, 0) is 6.42 Å². The predicted molar refractivity (Wildman–Crippen MR) is 44.0 cm³/mol. The predicted octanol–water partition coefficient (Wildman–Crippen LogP) is -1.19. The molecule has 1 atom stereocenters. The van der Waals surface area contributed by atoms with E-state index in [1.165, 1.54) is 6.92 Å². The third-order valence-electron chi connectivity index (χ3n) is 1.68. The average molecular weight is 192 g/mol. The van der Waals surface area contributed by atoms with Crippen molar-refractivity contribution in [2.75, 3.05) is 11.5 Å². The molecule has 0 bridgehead atoms. The molecule has 2 N–H and O–H groups in total. The quantitative estimate of drug-likeness (QED) is 0.540. The van der Waals surface area contributed by atoms with Crippen LogP contribution in [-0.2, 0) is 14.6 Å². The van der Waals surface area contributed by atoms with Crippen molar-refractivity contribution in [2.24, 2.45) is 0 Å². The number of hydrogen-bond donors (Lipinski definition) is 2. The molecule has 0 aromatic heterocycles. The van der Waals surface area contributed by atoms with E-state index >= 15 is 0 Å². The van der Waals surface area contributed by atoms with E-state index in [0.29, 0.717) is 6.42 Å². The van der Waals surface area contributed by atoms with E-state index in [0.717, 1.165) is 0 Å². The Hall–Kier alpha value is -0.620. The first-order valence-electron chi connectivity index (χ1n) is 3.72. The molecule has 1 saturated heterocycles. The van der Waals surface area contributed by atoms with Crippen LogP contribution in [-0.4, -0.2) is 31.9 Å². The van der Waals surface area contributed by atoms with Gasteiger partial charge in [-0.15, -0.1) is 0 Å². The van der Waals surface area contributed by atoms with E-state index in [1.807, 2.05) is 0 Å². The maximum absolute atomic E-state index is 10.9. The van der Waals surface area contributed by atoms with Gasteiger partial charge in [-0.3, -0.25) is 10.2 Å². The lowest BCUT2D eigenvalue weighted by atomic mass is 10.3. The van der Waals surface area contributed by atoms with Crippen LogP contribution in [0.4, 0.5) is 0 Å². The van der Waals surface area contributed by atoms with Crippen LogP contribution in [0.15, 0.2) is 0 Å². The zero-order valence-electron chi connectivity index (χ0n) is 6.83. The van der Waals surface area contributed by atoms with Gasteiger partial charge in [-0.25, -0.2) is 13.8 Å². The van der Waals surface area contributed by atoms with E-state index < -0.39 is 9.84 Å². The minimum Gasteiger partial charge on any atom is -0.292 e. The molecule has 0 aromatic rings. The monoisotopic (exact) mass is 192 g/mol. The van der Waals surface area contributed by atoms with Crippen molar-refractivity contribution in [2.45, 2.75) is 19.4 Å². The summed E-state index contributed by atoms with van der Waals surface area (Å²) >= 11 is 0. The van der Waals surface area contributed by atoms with Gasteiger partial charge in [-0.2, -0.15) is 0 Å². The Kier molecular flexibility index (Phi) is 2.69. The summed E-state index contributed by atoms with van der Waals surface area (Å²) in [6, 6.07) is -0.126. The fourth-order valence-electron chi connectivity index (χ4n) is 1.11. The lowest BCUT2D eigenvalue weighted by Crippen LogP contribution is -2.43. The lowest BCUT2D eigenvalue weighted by Gasteiger charge is -2.09. The topological polar surface area (TPSA) is 75.3 Å². The number of hydrazine groups is 1. The van der Waals surface area contributed by atoms with Gasteiger partial charge in [0, 0.05) is 13.0 Å². The van der Waals surface area contributed by atoms with Gasteiger partial charge in [0.2, 0.25) is 5.91 Å². The number of carbonyl (C=O) groups excluding carboxylic acids is 1. The Morgan fingerprint density at radius 2 is 2.17 bits per heavy atom. The summed E-state index contributed by atoms with van der Waals surface area (Å²) in [6.45, 7) is 1.37. The zero-order valence-corrected chi connectivity index (χ0v) is 7.65. The number of nitrogens with one attached hydrogen (secondary N) is 2. The van der Waals surface area contributed by atoms with Crippen molar-refractivity contribution in [1.82, 2.24) is 10.9 Å². The minimum atomic E-state index is -2.86. The van der Waals surface area contributed by atoms with E-state index in [4.69, 9.17) is 0 Å². The summed E-state index contributed by atoms with van der Waals surface area (Å²) in [4.78, 5) is 10.4. The number of carbonyl (C=O) groups is 1. The Morgan fingerprint density at radius 3 is 2.58 bits per heavy atom. The van der Waals surface area contributed by atoms with E-state index in [2.05, 4.69) is 10.9 Å². The van der Waals surface area contributed by atoms with E-state index in [1.54, 1.807) is 0 Å². The molecule has 0 saturated carbocycles. The summed E-state index contributed by atoms with van der Waals surface area (Å²) in [5.41, 5.74) is 5.03. The molecule has 1 aliphatic rings. The Morgan fingerprint density at radius 1 is 1.50 bits per heavy atom. The number of hydrogen-bond acceptors (Lipinski definition) is 4. The first-order valence-corrected chi connectivity index (χ1v) is 5.54. The molecule has 0 aliphatic carbocycles. The second kappa shape index (κ2) is 3.40. The third kappa shape index (κ3) is 2.78. The fourth-order valence-corrected chi connectivity index (χ4v) is 2.79. The Labute approximate surface area is 71.4 Å². The van der Waals surface area contributed by atoms with E-state index in [-0.39, 0.29) is 23.5 Å². The fraction of sp³-hybridized carbons (Fsp3) is 0.833.